The zero-order valence-corrected chi connectivity index (χ0v) is 9.60. The number of benzene rings is 1. The van der Waals surface area contributed by atoms with E-state index in [0.29, 0.717) is 11.4 Å². The first-order valence-electron chi connectivity index (χ1n) is 5.81. The molecule has 0 fully saturated rings. The lowest BCUT2D eigenvalue weighted by molar-refractivity contribution is 0.0696. The minimum atomic E-state index is -0.906. The number of carboxylic acid groups (broad SMARTS) is 1. The molecule has 1 aliphatic heterocycles. The van der Waals surface area contributed by atoms with Gasteiger partial charge in [0.2, 0.25) is 0 Å². The van der Waals surface area contributed by atoms with E-state index in [9.17, 15) is 4.79 Å². The number of carbonyl (C=O) groups is 1. The van der Waals surface area contributed by atoms with Crippen LogP contribution in [0.3, 0.4) is 0 Å². The van der Waals surface area contributed by atoms with E-state index in [4.69, 9.17) is 10.8 Å². The maximum atomic E-state index is 10.9. The van der Waals surface area contributed by atoms with Crippen molar-refractivity contribution >= 4 is 11.8 Å². The first-order valence-corrected chi connectivity index (χ1v) is 5.81. The lowest BCUT2D eigenvalue weighted by Gasteiger charge is -2.15. The van der Waals surface area contributed by atoms with E-state index in [1.807, 2.05) is 6.07 Å². The van der Waals surface area contributed by atoms with E-state index >= 15 is 0 Å². The van der Waals surface area contributed by atoms with E-state index in [2.05, 4.69) is 4.99 Å². The van der Waals surface area contributed by atoms with Crippen molar-refractivity contribution in [2.45, 2.75) is 25.2 Å². The summed E-state index contributed by atoms with van der Waals surface area (Å²) in [4.78, 5) is 15.2. The third-order valence-electron chi connectivity index (χ3n) is 3.09. The van der Waals surface area contributed by atoms with Crippen molar-refractivity contribution in [2.24, 2.45) is 10.7 Å². The van der Waals surface area contributed by atoms with Crippen LogP contribution < -0.4 is 5.73 Å². The molecule has 2 rings (SSSR count). The molecule has 1 aliphatic rings. The fourth-order valence-corrected chi connectivity index (χ4v) is 2.15. The topological polar surface area (TPSA) is 75.7 Å². The molecule has 1 heterocycles. The first-order chi connectivity index (χ1) is 8.18. The molecule has 0 bridgehead atoms. The molecule has 1 atom stereocenters. The van der Waals surface area contributed by atoms with Gasteiger partial charge in [-0.1, -0.05) is 18.6 Å². The highest BCUT2D eigenvalue weighted by atomic mass is 16.4. The van der Waals surface area contributed by atoms with Gasteiger partial charge in [-0.15, -0.1) is 0 Å². The Morgan fingerprint density at radius 2 is 2.24 bits per heavy atom. The molecule has 0 saturated carbocycles. The van der Waals surface area contributed by atoms with Crippen molar-refractivity contribution in [3.05, 3.63) is 35.4 Å². The molecule has 0 saturated heterocycles. The van der Waals surface area contributed by atoms with Crippen LogP contribution >= 0.6 is 0 Å². The van der Waals surface area contributed by atoms with E-state index in [-0.39, 0.29) is 5.92 Å². The number of hydrogen-bond acceptors (Lipinski definition) is 3. The molecule has 4 nitrogen and oxygen atoms in total. The standard InChI is InChI=1S/C13H16N2O2/c14-12-11(6-1-2-7-15-12)9-4-3-5-10(8-9)13(16)17/h3-5,8,11H,1-2,6-7H2,(H2,14,15)(H,16,17). The maximum Gasteiger partial charge on any atom is 0.335 e. The van der Waals surface area contributed by atoms with Gasteiger partial charge in [0.15, 0.2) is 0 Å². The van der Waals surface area contributed by atoms with Crippen molar-refractivity contribution in [1.29, 1.82) is 0 Å². The molecule has 90 valence electrons. The molecule has 1 aromatic rings. The molecular weight excluding hydrogens is 216 g/mol. The third kappa shape index (κ3) is 2.64. The summed E-state index contributed by atoms with van der Waals surface area (Å²) in [5, 5.41) is 8.97. The first kappa shape index (κ1) is 11.6. The second-order valence-electron chi connectivity index (χ2n) is 4.29. The number of aliphatic imine (C=N–C) groups is 1. The lowest BCUT2D eigenvalue weighted by atomic mass is 9.92. The minimum absolute atomic E-state index is 0.0665. The van der Waals surface area contributed by atoms with Gasteiger partial charge < -0.3 is 10.8 Å². The van der Waals surface area contributed by atoms with Crippen LogP contribution in [0.25, 0.3) is 0 Å². The van der Waals surface area contributed by atoms with Crippen LogP contribution in [-0.2, 0) is 0 Å². The second-order valence-corrected chi connectivity index (χ2v) is 4.29. The van der Waals surface area contributed by atoms with Gasteiger partial charge in [-0.3, -0.25) is 4.99 Å². The molecule has 0 aliphatic carbocycles. The predicted molar refractivity (Wildman–Crippen MR) is 66.5 cm³/mol. The monoisotopic (exact) mass is 232 g/mol. The minimum Gasteiger partial charge on any atom is -0.478 e. The Labute approximate surface area is 100 Å². The van der Waals surface area contributed by atoms with Crippen LogP contribution in [0.2, 0.25) is 0 Å². The summed E-state index contributed by atoms with van der Waals surface area (Å²) in [7, 11) is 0. The molecule has 1 aromatic carbocycles. The zero-order valence-electron chi connectivity index (χ0n) is 9.60. The Morgan fingerprint density at radius 3 is 3.00 bits per heavy atom. The van der Waals surface area contributed by atoms with Crippen LogP contribution in [0.5, 0.6) is 0 Å². The molecular formula is C13H16N2O2. The van der Waals surface area contributed by atoms with E-state index in [1.54, 1.807) is 18.2 Å². The van der Waals surface area contributed by atoms with Gasteiger partial charge in [-0.25, -0.2) is 4.79 Å². The Hall–Kier alpha value is -1.84. The van der Waals surface area contributed by atoms with Crippen molar-refractivity contribution in [3.8, 4) is 0 Å². The molecule has 0 aromatic heterocycles. The van der Waals surface area contributed by atoms with Gasteiger partial charge in [0.1, 0.15) is 5.84 Å². The SMILES string of the molecule is NC1=NCCCCC1c1cccc(C(=O)O)c1. The summed E-state index contributed by atoms with van der Waals surface area (Å²) in [6.07, 6.45) is 3.07. The van der Waals surface area contributed by atoms with Crippen molar-refractivity contribution in [3.63, 3.8) is 0 Å². The highest BCUT2D eigenvalue weighted by Gasteiger charge is 2.18. The van der Waals surface area contributed by atoms with Gasteiger partial charge in [-0.2, -0.15) is 0 Å². The van der Waals surface area contributed by atoms with Crippen LogP contribution in [-0.4, -0.2) is 23.5 Å². The molecule has 0 spiro atoms. The summed E-state index contributed by atoms with van der Waals surface area (Å²) in [6, 6.07) is 6.97. The second kappa shape index (κ2) is 4.99. The predicted octanol–water partition coefficient (Wildman–Crippen LogP) is 2.01. The van der Waals surface area contributed by atoms with Crippen LogP contribution in [0, 0.1) is 0 Å². The van der Waals surface area contributed by atoms with Gasteiger partial charge in [0, 0.05) is 12.5 Å². The van der Waals surface area contributed by atoms with Crippen molar-refractivity contribution in [1.82, 2.24) is 0 Å². The van der Waals surface area contributed by atoms with E-state index < -0.39 is 5.97 Å². The number of nitrogens with two attached hydrogens (primary N) is 1. The van der Waals surface area contributed by atoms with Crippen LogP contribution in [0.1, 0.15) is 41.1 Å². The molecule has 0 amide bonds. The smallest absolute Gasteiger partial charge is 0.335 e. The number of rotatable bonds is 2. The van der Waals surface area contributed by atoms with Crippen molar-refractivity contribution in [2.75, 3.05) is 6.54 Å². The zero-order chi connectivity index (χ0) is 12.3. The lowest BCUT2D eigenvalue weighted by Crippen LogP contribution is -2.21. The summed E-state index contributed by atoms with van der Waals surface area (Å²) >= 11 is 0. The average Bonchev–Trinajstić information content (AvgIpc) is 2.54. The number of carboxylic acids is 1. The summed E-state index contributed by atoms with van der Waals surface area (Å²) in [5.74, 6) is -0.210. The summed E-state index contributed by atoms with van der Waals surface area (Å²) in [6.45, 7) is 0.779. The van der Waals surface area contributed by atoms with E-state index in [0.717, 1.165) is 31.4 Å². The van der Waals surface area contributed by atoms with Gasteiger partial charge in [-0.05, 0) is 30.5 Å². The third-order valence-corrected chi connectivity index (χ3v) is 3.09. The Kier molecular flexibility index (Phi) is 3.42. The largest absolute Gasteiger partial charge is 0.478 e. The Balaban J connectivity index is 2.32. The van der Waals surface area contributed by atoms with Gasteiger partial charge in [0.25, 0.3) is 0 Å². The number of amidine groups is 1. The summed E-state index contributed by atoms with van der Waals surface area (Å²) < 4.78 is 0. The maximum absolute atomic E-state index is 10.9. The fraction of sp³-hybridized carbons (Fsp3) is 0.385. The Bertz CT molecular complexity index is 454. The quantitative estimate of drug-likeness (QED) is 0.819. The number of nitrogens with zero attached hydrogens (tertiary/aromatic N) is 1. The number of hydrogen-bond donors (Lipinski definition) is 2. The molecule has 1 unspecified atom stereocenters. The highest BCUT2D eigenvalue weighted by molar-refractivity contribution is 5.90. The summed E-state index contributed by atoms with van der Waals surface area (Å²) in [5.41, 5.74) is 7.20. The molecule has 3 N–H and O–H groups in total. The number of aromatic carboxylic acids is 1. The molecule has 17 heavy (non-hydrogen) atoms. The average molecular weight is 232 g/mol. The fourth-order valence-electron chi connectivity index (χ4n) is 2.15. The highest BCUT2D eigenvalue weighted by Crippen LogP contribution is 2.25. The molecule has 4 heteroatoms. The van der Waals surface area contributed by atoms with Gasteiger partial charge in [0.05, 0.1) is 5.56 Å². The van der Waals surface area contributed by atoms with E-state index in [1.165, 1.54) is 0 Å². The normalized spacial score (nSPS) is 20.5. The Morgan fingerprint density at radius 1 is 1.41 bits per heavy atom. The van der Waals surface area contributed by atoms with Crippen molar-refractivity contribution < 1.29 is 9.90 Å². The van der Waals surface area contributed by atoms with Crippen LogP contribution in [0.15, 0.2) is 29.3 Å². The molecule has 0 radical (unpaired) electrons. The van der Waals surface area contributed by atoms with Gasteiger partial charge >= 0.3 is 5.97 Å². The van der Waals surface area contributed by atoms with Crippen LogP contribution in [0.4, 0.5) is 0 Å².